The van der Waals surface area contributed by atoms with E-state index in [2.05, 4.69) is 25.1 Å². The maximum absolute atomic E-state index is 4.18. The number of hydrogen-bond acceptors (Lipinski definition) is 4. The van der Waals surface area contributed by atoms with Gasteiger partial charge in [-0.05, 0) is 25.1 Å². The number of hydrogen-bond donors (Lipinski definition) is 1. The Labute approximate surface area is 93.5 Å². The summed E-state index contributed by atoms with van der Waals surface area (Å²) in [6.07, 6.45) is 6.52. The van der Waals surface area contributed by atoms with Crippen LogP contribution in [-0.4, -0.2) is 32.8 Å². The minimum absolute atomic E-state index is 0.463. The van der Waals surface area contributed by atoms with Crippen molar-refractivity contribution in [2.24, 2.45) is 0 Å². The molecule has 0 amide bonds. The van der Waals surface area contributed by atoms with Crippen LogP contribution in [0.15, 0.2) is 30.9 Å². The summed E-state index contributed by atoms with van der Waals surface area (Å²) < 4.78 is 2.14. The highest BCUT2D eigenvalue weighted by Gasteiger charge is 2.20. The van der Waals surface area contributed by atoms with Gasteiger partial charge in [0.2, 0.25) is 0 Å². The van der Waals surface area contributed by atoms with Gasteiger partial charge in [-0.2, -0.15) is 0 Å². The number of nitrogens with one attached hydrogen (secondary N) is 1. The maximum Gasteiger partial charge on any atom is 0.165 e. The van der Waals surface area contributed by atoms with Crippen molar-refractivity contribution in [3.8, 4) is 11.4 Å². The van der Waals surface area contributed by atoms with E-state index in [0.29, 0.717) is 6.04 Å². The molecule has 82 valence electrons. The highest BCUT2D eigenvalue weighted by molar-refractivity contribution is 5.53. The summed E-state index contributed by atoms with van der Waals surface area (Å²) in [4.78, 5) is 4.11. The van der Waals surface area contributed by atoms with Gasteiger partial charge in [-0.15, -0.1) is 10.2 Å². The Morgan fingerprint density at radius 3 is 3.19 bits per heavy atom. The molecule has 16 heavy (non-hydrogen) atoms. The van der Waals surface area contributed by atoms with Crippen LogP contribution < -0.4 is 5.32 Å². The van der Waals surface area contributed by atoms with Crippen LogP contribution in [-0.2, 0) is 0 Å². The van der Waals surface area contributed by atoms with Crippen molar-refractivity contribution in [1.29, 1.82) is 0 Å². The van der Waals surface area contributed by atoms with Crippen LogP contribution in [0.25, 0.3) is 11.4 Å². The predicted octanol–water partition coefficient (Wildman–Crippen LogP) is 0.874. The third-order valence-corrected chi connectivity index (χ3v) is 2.92. The van der Waals surface area contributed by atoms with E-state index in [1.807, 2.05) is 18.3 Å². The van der Waals surface area contributed by atoms with Crippen LogP contribution in [0.2, 0.25) is 0 Å². The Morgan fingerprint density at radius 1 is 1.44 bits per heavy atom. The first kappa shape index (κ1) is 9.47. The normalized spacial score (nSPS) is 20.1. The highest BCUT2D eigenvalue weighted by Crippen LogP contribution is 2.22. The second-order valence-electron chi connectivity index (χ2n) is 3.95. The summed E-state index contributed by atoms with van der Waals surface area (Å²) in [7, 11) is 0. The van der Waals surface area contributed by atoms with Gasteiger partial charge in [0.05, 0.1) is 6.04 Å². The summed E-state index contributed by atoms with van der Waals surface area (Å²) >= 11 is 0. The predicted molar refractivity (Wildman–Crippen MR) is 59.8 cm³/mol. The molecular formula is C11H13N5. The van der Waals surface area contributed by atoms with Crippen molar-refractivity contribution < 1.29 is 0 Å². The van der Waals surface area contributed by atoms with E-state index in [1.54, 1.807) is 12.5 Å². The van der Waals surface area contributed by atoms with Crippen LogP contribution in [0.4, 0.5) is 0 Å². The van der Waals surface area contributed by atoms with Gasteiger partial charge in [-0.1, -0.05) is 0 Å². The number of aromatic nitrogens is 4. The van der Waals surface area contributed by atoms with Crippen LogP contribution in [0.1, 0.15) is 12.5 Å². The minimum atomic E-state index is 0.463. The Bertz CT molecular complexity index is 458. The second-order valence-corrected chi connectivity index (χ2v) is 3.95. The van der Waals surface area contributed by atoms with E-state index in [-0.39, 0.29) is 0 Å². The van der Waals surface area contributed by atoms with Crippen molar-refractivity contribution in [1.82, 2.24) is 25.1 Å². The SMILES string of the molecule is c1cncc(-c2nncn2C2CCNC2)c1. The fraction of sp³-hybridized carbons (Fsp3) is 0.364. The lowest BCUT2D eigenvalue weighted by Crippen LogP contribution is -2.13. The summed E-state index contributed by atoms with van der Waals surface area (Å²) in [6.45, 7) is 2.06. The molecule has 1 aliphatic rings. The maximum atomic E-state index is 4.18. The van der Waals surface area contributed by atoms with E-state index in [9.17, 15) is 0 Å². The molecule has 0 spiro atoms. The average molecular weight is 215 g/mol. The zero-order valence-corrected chi connectivity index (χ0v) is 8.87. The van der Waals surface area contributed by atoms with Crippen molar-refractivity contribution in [3.63, 3.8) is 0 Å². The van der Waals surface area contributed by atoms with E-state index < -0.39 is 0 Å². The number of rotatable bonds is 2. The standard InChI is InChI=1S/C11H13N5/c1-2-9(6-12-4-1)11-15-14-8-16(11)10-3-5-13-7-10/h1-2,4,6,8,10,13H,3,5,7H2. The van der Waals surface area contributed by atoms with E-state index in [1.165, 1.54) is 0 Å². The lowest BCUT2D eigenvalue weighted by atomic mass is 10.2. The molecule has 0 aliphatic carbocycles. The number of pyridine rings is 1. The lowest BCUT2D eigenvalue weighted by molar-refractivity contribution is 0.550. The summed E-state index contributed by atoms with van der Waals surface area (Å²) in [6, 6.07) is 4.39. The van der Waals surface area contributed by atoms with Gasteiger partial charge in [0, 0.05) is 24.5 Å². The highest BCUT2D eigenvalue weighted by atomic mass is 15.3. The van der Waals surface area contributed by atoms with Gasteiger partial charge in [-0.3, -0.25) is 4.98 Å². The van der Waals surface area contributed by atoms with E-state index in [4.69, 9.17) is 0 Å². The van der Waals surface area contributed by atoms with Crippen LogP contribution in [0.5, 0.6) is 0 Å². The largest absolute Gasteiger partial charge is 0.315 e. The molecule has 0 aromatic carbocycles. The fourth-order valence-corrected chi connectivity index (χ4v) is 2.09. The molecule has 1 aliphatic heterocycles. The Kier molecular flexibility index (Phi) is 2.38. The third kappa shape index (κ3) is 1.59. The molecule has 0 saturated carbocycles. The lowest BCUT2D eigenvalue weighted by Gasteiger charge is -2.12. The Hall–Kier alpha value is -1.75. The minimum Gasteiger partial charge on any atom is -0.315 e. The molecule has 2 aromatic heterocycles. The van der Waals surface area contributed by atoms with Crippen molar-refractivity contribution >= 4 is 0 Å². The summed E-state index contributed by atoms with van der Waals surface area (Å²) in [5, 5.41) is 11.5. The zero-order chi connectivity index (χ0) is 10.8. The molecule has 1 atom stereocenters. The molecule has 1 saturated heterocycles. The second kappa shape index (κ2) is 4.02. The van der Waals surface area contributed by atoms with Gasteiger partial charge in [0.15, 0.2) is 5.82 Å². The van der Waals surface area contributed by atoms with Gasteiger partial charge in [-0.25, -0.2) is 0 Å². The molecule has 5 heteroatoms. The van der Waals surface area contributed by atoms with Gasteiger partial charge in [0.1, 0.15) is 6.33 Å². The van der Waals surface area contributed by atoms with Gasteiger partial charge < -0.3 is 9.88 Å². The zero-order valence-electron chi connectivity index (χ0n) is 8.87. The molecule has 0 radical (unpaired) electrons. The molecule has 1 fully saturated rings. The van der Waals surface area contributed by atoms with Gasteiger partial charge in [0.25, 0.3) is 0 Å². The summed E-state index contributed by atoms with van der Waals surface area (Å²) in [5.41, 5.74) is 1.02. The first-order chi connectivity index (χ1) is 7.95. The Morgan fingerprint density at radius 2 is 2.44 bits per heavy atom. The molecule has 1 unspecified atom stereocenters. The average Bonchev–Trinajstić information content (AvgIpc) is 3.01. The van der Waals surface area contributed by atoms with Crippen LogP contribution >= 0.6 is 0 Å². The molecular weight excluding hydrogens is 202 g/mol. The van der Waals surface area contributed by atoms with Crippen molar-refractivity contribution in [2.45, 2.75) is 12.5 Å². The molecule has 3 rings (SSSR count). The van der Waals surface area contributed by atoms with Crippen LogP contribution in [0.3, 0.4) is 0 Å². The monoisotopic (exact) mass is 215 g/mol. The molecule has 0 bridgehead atoms. The molecule has 3 heterocycles. The van der Waals surface area contributed by atoms with Crippen molar-refractivity contribution in [3.05, 3.63) is 30.9 Å². The van der Waals surface area contributed by atoms with E-state index in [0.717, 1.165) is 30.9 Å². The smallest absolute Gasteiger partial charge is 0.165 e. The van der Waals surface area contributed by atoms with E-state index >= 15 is 0 Å². The third-order valence-electron chi connectivity index (χ3n) is 2.92. The molecule has 5 nitrogen and oxygen atoms in total. The summed E-state index contributed by atoms with van der Waals surface area (Å²) in [5.74, 6) is 0.904. The van der Waals surface area contributed by atoms with Crippen molar-refractivity contribution in [2.75, 3.05) is 13.1 Å². The number of nitrogens with zero attached hydrogens (tertiary/aromatic N) is 4. The first-order valence-corrected chi connectivity index (χ1v) is 5.46. The topological polar surface area (TPSA) is 55.6 Å². The Balaban J connectivity index is 1.99. The molecule has 1 N–H and O–H groups in total. The fourth-order valence-electron chi connectivity index (χ4n) is 2.09. The first-order valence-electron chi connectivity index (χ1n) is 5.46. The molecule has 2 aromatic rings. The van der Waals surface area contributed by atoms with Gasteiger partial charge >= 0.3 is 0 Å². The van der Waals surface area contributed by atoms with Crippen LogP contribution in [0, 0.1) is 0 Å². The quantitative estimate of drug-likeness (QED) is 0.807.